The van der Waals surface area contributed by atoms with Gasteiger partial charge in [0.15, 0.2) is 0 Å². The van der Waals surface area contributed by atoms with Crippen LogP contribution in [-0.2, 0) is 9.53 Å². The molecule has 0 aromatic heterocycles. The Kier molecular flexibility index (Phi) is 6.07. The van der Waals surface area contributed by atoms with Gasteiger partial charge in [0, 0.05) is 6.08 Å². The van der Waals surface area contributed by atoms with Gasteiger partial charge < -0.3 is 4.74 Å². The first kappa shape index (κ1) is 11.0. The van der Waals surface area contributed by atoms with Crippen molar-refractivity contribution >= 4 is 5.97 Å². The van der Waals surface area contributed by atoms with Crippen molar-refractivity contribution in [2.75, 3.05) is 7.11 Å². The molecule has 0 aliphatic heterocycles. The SMILES string of the molecule is COC(=O)/C=C/CCC=C(C)C. The number of methoxy groups -OCH3 is 1. The topological polar surface area (TPSA) is 26.3 Å². The summed E-state index contributed by atoms with van der Waals surface area (Å²) < 4.78 is 4.44. The van der Waals surface area contributed by atoms with E-state index in [2.05, 4.69) is 24.7 Å². The molecule has 12 heavy (non-hydrogen) atoms. The molecule has 0 atom stereocenters. The van der Waals surface area contributed by atoms with E-state index < -0.39 is 0 Å². The number of allylic oxidation sites excluding steroid dienone is 3. The fourth-order valence-corrected chi connectivity index (χ4v) is 0.716. The Morgan fingerprint density at radius 3 is 2.50 bits per heavy atom. The highest BCUT2D eigenvalue weighted by atomic mass is 16.5. The molecule has 0 aliphatic carbocycles. The quantitative estimate of drug-likeness (QED) is 0.279. The second-order valence-corrected chi connectivity index (χ2v) is 2.78. The lowest BCUT2D eigenvalue weighted by atomic mass is 10.2. The van der Waals surface area contributed by atoms with Crippen molar-refractivity contribution in [1.29, 1.82) is 0 Å². The molecule has 2 heteroatoms. The molecule has 0 aromatic carbocycles. The fourth-order valence-electron chi connectivity index (χ4n) is 0.716. The molecule has 0 rings (SSSR count). The normalized spacial score (nSPS) is 9.92. The van der Waals surface area contributed by atoms with E-state index in [1.807, 2.05) is 6.08 Å². The average molecular weight is 168 g/mol. The highest BCUT2D eigenvalue weighted by Crippen LogP contribution is 1.97. The van der Waals surface area contributed by atoms with Gasteiger partial charge in [0.1, 0.15) is 0 Å². The van der Waals surface area contributed by atoms with E-state index in [0.717, 1.165) is 12.8 Å². The van der Waals surface area contributed by atoms with Crippen LogP contribution >= 0.6 is 0 Å². The van der Waals surface area contributed by atoms with E-state index in [0.29, 0.717) is 0 Å². The molecule has 0 spiro atoms. The van der Waals surface area contributed by atoms with Crippen LogP contribution in [0.1, 0.15) is 26.7 Å². The lowest BCUT2D eigenvalue weighted by Crippen LogP contribution is -1.93. The standard InChI is InChI=1S/C10H16O2/c1-9(2)7-5-4-6-8-10(11)12-3/h6-8H,4-5H2,1-3H3/b8-6+. The summed E-state index contributed by atoms with van der Waals surface area (Å²) in [5.74, 6) is -0.285. The van der Waals surface area contributed by atoms with Crippen LogP contribution in [0.15, 0.2) is 23.8 Å². The van der Waals surface area contributed by atoms with Gasteiger partial charge in [-0.25, -0.2) is 4.79 Å². The van der Waals surface area contributed by atoms with Crippen molar-refractivity contribution in [1.82, 2.24) is 0 Å². The fraction of sp³-hybridized carbons (Fsp3) is 0.500. The van der Waals surface area contributed by atoms with E-state index in [1.165, 1.54) is 18.8 Å². The van der Waals surface area contributed by atoms with Crippen LogP contribution in [0.5, 0.6) is 0 Å². The maximum Gasteiger partial charge on any atom is 0.330 e. The molecule has 0 amide bonds. The molecule has 0 bridgehead atoms. The summed E-state index contributed by atoms with van der Waals surface area (Å²) in [6.07, 6.45) is 7.29. The summed E-state index contributed by atoms with van der Waals surface area (Å²) in [4.78, 5) is 10.6. The zero-order valence-corrected chi connectivity index (χ0v) is 7.96. The van der Waals surface area contributed by atoms with Crippen LogP contribution in [0.25, 0.3) is 0 Å². The molecule has 0 aromatic rings. The lowest BCUT2D eigenvalue weighted by molar-refractivity contribution is -0.134. The van der Waals surface area contributed by atoms with Gasteiger partial charge in [-0.2, -0.15) is 0 Å². The number of hydrogen-bond acceptors (Lipinski definition) is 2. The van der Waals surface area contributed by atoms with Crippen molar-refractivity contribution in [3.8, 4) is 0 Å². The summed E-state index contributed by atoms with van der Waals surface area (Å²) in [5.41, 5.74) is 1.31. The zero-order chi connectivity index (χ0) is 9.40. The monoisotopic (exact) mass is 168 g/mol. The first-order valence-corrected chi connectivity index (χ1v) is 4.04. The predicted molar refractivity (Wildman–Crippen MR) is 49.8 cm³/mol. The second kappa shape index (κ2) is 6.65. The third-order valence-corrected chi connectivity index (χ3v) is 1.34. The minimum absolute atomic E-state index is 0.285. The van der Waals surface area contributed by atoms with Crippen LogP contribution in [0.4, 0.5) is 0 Å². The Balaban J connectivity index is 3.49. The Morgan fingerprint density at radius 1 is 1.33 bits per heavy atom. The maximum absolute atomic E-state index is 10.6. The van der Waals surface area contributed by atoms with E-state index in [1.54, 1.807) is 0 Å². The summed E-state index contributed by atoms with van der Waals surface area (Å²) >= 11 is 0. The van der Waals surface area contributed by atoms with Crippen LogP contribution in [0.2, 0.25) is 0 Å². The van der Waals surface area contributed by atoms with E-state index >= 15 is 0 Å². The first-order chi connectivity index (χ1) is 5.66. The zero-order valence-electron chi connectivity index (χ0n) is 7.96. The molecule has 0 saturated carbocycles. The highest BCUT2D eigenvalue weighted by Gasteiger charge is 1.88. The Morgan fingerprint density at radius 2 is 2.00 bits per heavy atom. The Hall–Kier alpha value is -1.05. The maximum atomic E-state index is 10.6. The van der Waals surface area contributed by atoms with Crippen molar-refractivity contribution in [2.45, 2.75) is 26.7 Å². The number of hydrogen-bond donors (Lipinski definition) is 0. The number of carbonyl (C=O) groups excluding carboxylic acids is 1. The molecule has 0 heterocycles. The van der Waals surface area contributed by atoms with E-state index in [-0.39, 0.29) is 5.97 Å². The van der Waals surface area contributed by atoms with Gasteiger partial charge in [0.2, 0.25) is 0 Å². The summed E-state index contributed by atoms with van der Waals surface area (Å²) in [5, 5.41) is 0. The Bertz CT molecular complexity index is 186. The summed E-state index contributed by atoms with van der Waals surface area (Å²) in [6, 6.07) is 0. The molecule has 0 radical (unpaired) electrons. The van der Waals surface area contributed by atoms with E-state index in [9.17, 15) is 4.79 Å². The summed E-state index contributed by atoms with van der Waals surface area (Å²) in [7, 11) is 1.38. The molecular formula is C10H16O2. The minimum Gasteiger partial charge on any atom is -0.466 e. The molecule has 0 unspecified atom stereocenters. The number of esters is 1. The van der Waals surface area contributed by atoms with Crippen molar-refractivity contribution in [3.63, 3.8) is 0 Å². The largest absolute Gasteiger partial charge is 0.466 e. The molecule has 0 fully saturated rings. The number of carbonyl (C=O) groups is 1. The van der Waals surface area contributed by atoms with Gasteiger partial charge in [-0.3, -0.25) is 0 Å². The minimum atomic E-state index is -0.285. The van der Waals surface area contributed by atoms with Gasteiger partial charge in [0.25, 0.3) is 0 Å². The average Bonchev–Trinajstić information content (AvgIpc) is 2.03. The van der Waals surface area contributed by atoms with E-state index in [4.69, 9.17) is 0 Å². The van der Waals surface area contributed by atoms with Gasteiger partial charge in [-0.15, -0.1) is 0 Å². The number of rotatable bonds is 4. The van der Waals surface area contributed by atoms with Crippen LogP contribution in [-0.4, -0.2) is 13.1 Å². The number of ether oxygens (including phenoxy) is 1. The molecule has 0 N–H and O–H groups in total. The smallest absolute Gasteiger partial charge is 0.330 e. The van der Waals surface area contributed by atoms with Crippen molar-refractivity contribution < 1.29 is 9.53 Å². The summed E-state index contributed by atoms with van der Waals surface area (Å²) in [6.45, 7) is 4.12. The van der Waals surface area contributed by atoms with Gasteiger partial charge in [-0.05, 0) is 26.7 Å². The van der Waals surface area contributed by atoms with Crippen LogP contribution < -0.4 is 0 Å². The lowest BCUT2D eigenvalue weighted by Gasteiger charge is -1.90. The van der Waals surface area contributed by atoms with Gasteiger partial charge in [0.05, 0.1) is 7.11 Å². The second-order valence-electron chi connectivity index (χ2n) is 2.78. The molecule has 68 valence electrons. The van der Waals surface area contributed by atoms with Gasteiger partial charge in [-0.1, -0.05) is 17.7 Å². The third kappa shape index (κ3) is 7.06. The van der Waals surface area contributed by atoms with Crippen molar-refractivity contribution in [3.05, 3.63) is 23.8 Å². The molecule has 2 nitrogen and oxygen atoms in total. The van der Waals surface area contributed by atoms with Crippen LogP contribution in [0, 0.1) is 0 Å². The third-order valence-electron chi connectivity index (χ3n) is 1.34. The predicted octanol–water partition coefficient (Wildman–Crippen LogP) is 2.46. The molecular weight excluding hydrogens is 152 g/mol. The number of unbranched alkanes of at least 4 members (excludes halogenated alkanes) is 1. The van der Waals surface area contributed by atoms with Crippen molar-refractivity contribution in [2.24, 2.45) is 0 Å². The molecule has 0 saturated heterocycles. The van der Waals surface area contributed by atoms with Crippen LogP contribution in [0.3, 0.4) is 0 Å². The van der Waals surface area contributed by atoms with Gasteiger partial charge >= 0.3 is 5.97 Å². The highest BCUT2D eigenvalue weighted by molar-refractivity contribution is 5.81. The molecule has 0 aliphatic rings. The Labute approximate surface area is 73.9 Å². The first-order valence-electron chi connectivity index (χ1n) is 4.04.